The van der Waals surface area contributed by atoms with Gasteiger partial charge in [-0.3, -0.25) is 0 Å². The first-order chi connectivity index (χ1) is 13.7. The van der Waals surface area contributed by atoms with Crippen molar-refractivity contribution in [3.8, 4) is 5.75 Å². The maximum Gasteiger partial charge on any atom is 0.144 e. The third-order valence-electron chi connectivity index (χ3n) is 5.14. The largest absolute Gasteiger partial charge is 0.489 e. The van der Waals surface area contributed by atoms with Gasteiger partial charge in [0.25, 0.3) is 0 Å². The maximum atomic E-state index is 6.07. The molecule has 3 aromatic carbocycles. The predicted octanol–water partition coefficient (Wildman–Crippen LogP) is 6.18. The molecule has 4 rings (SSSR count). The van der Waals surface area contributed by atoms with E-state index in [0.29, 0.717) is 6.61 Å². The SMILES string of the molecule is CCC(OC)(c1cccc(COc2ccc3ccccc3c2)c1)c1nccs1. The summed E-state index contributed by atoms with van der Waals surface area (Å²) in [6.07, 6.45) is 2.64. The molecule has 0 N–H and O–H groups in total. The van der Waals surface area contributed by atoms with E-state index in [9.17, 15) is 0 Å². The number of aromatic nitrogens is 1. The van der Waals surface area contributed by atoms with Crippen LogP contribution < -0.4 is 4.74 Å². The molecular formula is C24H23NO2S. The zero-order valence-electron chi connectivity index (χ0n) is 16.1. The number of nitrogens with zero attached hydrogens (tertiary/aromatic N) is 1. The summed E-state index contributed by atoms with van der Waals surface area (Å²) in [5.74, 6) is 0.873. The van der Waals surface area contributed by atoms with E-state index in [0.717, 1.165) is 28.3 Å². The summed E-state index contributed by atoms with van der Waals surface area (Å²) in [5.41, 5.74) is 1.69. The first-order valence-corrected chi connectivity index (χ1v) is 10.3. The number of ether oxygens (including phenoxy) is 2. The molecular weight excluding hydrogens is 366 g/mol. The predicted molar refractivity (Wildman–Crippen MR) is 115 cm³/mol. The first kappa shape index (κ1) is 18.7. The van der Waals surface area contributed by atoms with Crippen LogP contribution in [0.4, 0.5) is 0 Å². The fraction of sp³-hybridized carbons (Fsp3) is 0.208. The lowest BCUT2D eigenvalue weighted by Gasteiger charge is -2.30. The van der Waals surface area contributed by atoms with Crippen molar-refractivity contribution < 1.29 is 9.47 Å². The van der Waals surface area contributed by atoms with Crippen molar-refractivity contribution >= 4 is 22.1 Å². The Labute approximate surface area is 169 Å². The molecule has 0 radical (unpaired) electrons. The molecule has 0 saturated carbocycles. The molecule has 28 heavy (non-hydrogen) atoms. The highest BCUT2D eigenvalue weighted by atomic mass is 32.1. The van der Waals surface area contributed by atoms with Crippen molar-refractivity contribution in [3.05, 3.63) is 94.4 Å². The minimum absolute atomic E-state index is 0.507. The van der Waals surface area contributed by atoms with E-state index in [1.807, 2.05) is 29.8 Å². The molecule has 4 aromatic rings. The van der Waals surface area contributed by atoms with Gasteiger partial charge in [-0.25, -0.2) is 4.98 Å². The van der Waals surface area contributed by atoms with E-state index in [1.165, 1.54) is 10.8 Å². The smallest absolute Gasteiger partial charge is 0.144 e. The van der Waals surface area contributed by atoms with E-state index in [1.54, 1.807) is 18.4 Å². The lowest BCUT2D eigenvalue weighted by Crippen LogP contribution is -2.29. The molecule has 1 heterocycles. The molecule has 0 fully saturated rings. The molecule has 3 nitrogen and oxygen atoms in total. The van der Waals surface area contributed by atoms with Crippen LogP contribution in [0.15, 0.2) is 78.3 Å². The number of fused-ring (bicyclic) bond motifs is 1. The normalized spacial score (nSPS) is 13.4. The van der Waals surface area contributed by atoms with Crippen LogP contribution in [-0.2, 0) is 16.9 Å². The molecule has 0 spiro atoms. The molecule has 1 aromatic heterocycles. The van der Waals surface area contributed by atoms with Crippen LogP contribution in [0.1, 0.15) is 29.5 Å². The molecule has 142 valence electrons. The highest BCUT2D eigenvalue weighted by Gasteiger charge is 2.35. The second kappa shape index (κ2) is 8.13. The van der Waals surface area contributed by atoms with Gasteiger partial charge in [-0.05, 0) is 46.5 Å². The first-order valence-electron chi connectivity index (χ1n) is 9.41. The van der Waals surface area contributed by atoms with Crippen molar-refractivity contribution in [1.29, 1.82) is 0 Å². The standard InChI is InChI=1S/C24H23NO2S/c1-3-24(26-2,23-25-13-14-28-23)21-10-6-7-18(15-21)17-27-22-12-11-19-8-4-5-9-20(19)16-22/h4-16H,3,17H2,1-2H3. The Morgan fingerprint density at radius 2 is 1.82 bits per heavy atom. The van der Waals surface area contributed by atoms with Crippen molar-refractivity contribution in [2.75, 3.05) is 7.11 Å². The number of hydrogen-bond donors (Lipinski definition) is 0. The van der Waals surface area contributed by atoms with Crippen LogP contribution in [0.3, 0.4) is 0 Å². The number of hydrogen-bond acceptors (Lipinski definition) is 4. The van der Waals surface area contributed by atoms with Gasteiger partial charge in [-0.1, -0.05) is 55.5 Å². The molecule has 0 saturated heterocycles. The number of rotatable bonds is 7. The van der Waals surface area contributed by atoms with Crippen LogP contribution in [0.25, 0.3) is 10.8 Å². The summed E-state index contributed by atoms with van der Waals surface area (Å²) in [7, 11) is 1.75. The molecule has 0 amide bonds. The number of benzene rings is 3. The minimum Gasteiger partial charge on any atom is -0.489 e. The summed E-state index contributed by atoms with van der Waals surface area (Å²) >= 11 is 1.62. The Morgan fingerprint density at radius 1 is 0.964 bits per heavy atom. The summed E-state index contributed by atoms with van der Waals surface area (Å²) in [6.45, 7) is 2.64. The summed E-state index contributed by atoms with van der Waals surface area (Å²) in [5, 5.41) is 5.37. The second-order valence-corrected chi connectivity index (χ2v) is 7.61. The molecule has 4 heteroatoms. The Balaban J connectivity index is 1.58. The molecule has 0 aliphatic carbocycles. The highest BCUT2D eigenvalue weighted by molar-refractivity contribution is 7.09. The van der Waals surface area contributed by atoms with Crippen molar-refractivity contribution in [3.63, 3.8) is 0 Å². The van der Waals surface area contributed by atoms with Crippen LogP contribution in [0.5, 0.6) is 5.75 Å². The van der Waals surface area contributed by atoms with Gasteiger partial charge < -0.3 is 9.47 Å². The Hall–Kier alpha value is -2.69. The van der Waals surface area contributed by atoms with Gasteiger partial charge in [0.05, 0.1) is 0 Å². The monoisotopic (exact) mass is 389 g/mol. The van der Waals surface area contributed by atoms with Gasteiger partial charge in [-0.2, -0.15) is 0 Å². The Morgan fingerprint density at radius 3 is 2.57 bits per heavy atom. The average molecular weight is 390 g/mol. The van der Waals surface area contributed by atoms with Crippen LogP contribution >= 0.6 is 11.3 Å². The molecule has 0 bridgehead atoms. The van der Waals surface area contributed by atoms with Gasteiger partial charge in [0.1, 0.15) is 23.0 Å². The van der Waals surface area contributed by atoms with Gasteiger partial charge >= 0.3 is 0 Å². The van der Waals surface area contributed by atoms with Crippen molar-refractivity contribution in [2.24, 2.45) is 0 Å². The highest BCUT2D eigenvalue weighted by Crippen LogP contribution is 2.37. The summed E-state index contributed by atoms with van der Waals surface area (Å²) in [4.78, 5) is 4.52. The summed E-state index contributed by atoms with van der Waals surface area (Å²) < 4.78 is 12.1. The van der Waals surface area contributed by atoms with E-state index < -0.39 is 5.60 Å². The van der Waals surface area contributed by atoms with Crippen molar-refractivity contribution in [2.45, 2.75) is 25.6 Å². The van der Waals surface area contributed by atoms with E-state index in [-0.39, 0.29) is 0 Å². The van der Waals surface area contributed by atoms with Gasteiger partial charge in [-0.15, -0.1) is 11.3 Å². The third kappa shape index (κ3) is 3.53. The Bertz CT molecular complexity index is 1060. The van der Waals surface area contributed by atoms with E-state index in [4.69, 9.17) is 9.47 Å². The molecule has 1 atom stereocenters. The quantitative estimate of drug-likeness (QED) is 0.378. The van der Waals surface area contributed by atoms with Gasteiger partial charge in [0.2, 0.25) is 0 Å². The van der Waals surface area contributed by atoms with Crippen molar-refractivity contribution in [1.82, 2.24) is 4.98 Å². The number of methoxy groups -OCH3 is 1. The fourth-order valence-electron chi connectivity index (χ4n) is 3.59. The third-order valence-corrected chi connectivity index (χ3v) is 6.06. The van der Waals surface area contributed by atoms with Gasteiger partial charge in [0.15, 0.2) is 0 Å². The molecule has 0 aliphatic heterocycles. The van der Waals surface area contributed by atoms with E-state index >= 15 is 0 Å². The lowest BCUT2D eigenvalue weighted by atomic mass is 9.90. The minimum atomic E-state index is -0.521. The van der Waals surface area contributed by atoms with Gasteiger partial charge in [0, 0.05) is 18.7 Å². The zero-order valence-corrected chi connectivity index (χ0v) is 16.9. The Kier molecular flexibility index (Phi) is 5.42. The fourth-order valence-corrected chi connectivity index (χ4v) is 4.50. The van der Waals surface area contributed by atoms with Crippen LogP contribution in [0, 0.1) is 0 Å². The van der Waals surface area contributed by atoms with Crippen LogP contribution in [0.2, 0.25) is 0 Å². The maximum absolute atomic E-state index is 6.07. The molecule has 0 aliphatic rings. The zero-order chi connectivity index (χ0) is 19.4. The summed E-state index contributed by atoms with van der Waals surface area (Å²) in [6, 6.07) is 22.9. The van der Waals surface area contributed by atoms with Crippen LogP contribution in [-0.4, -0.2) is 12.1 Å². The van der Waals surface area contributed by atoms with E-state index in [2.05, 4.69) is 60.4 Å². The topological polar surface area (TPSA) is 31.4 Å². The lowest BCUT2D eigenvalue weighted by molar-refractivity contribution is 0.0183. The molecule has 1 unspecified atom stereocenters. The average Bonchev–Trinajstić information content (AvgIpc) is 3.29. The number of thiazole rings is 1. The second-order valence-electron chi connectivity index (χ2n) is 6.72.